The summed E-state index contributed by atoms with van der Waals surface area (Å²) in [5.74, 6) is 0.892. The number of halogens is 3. The number of terminal acetylenes is 1. The predicted octanol–water partition coefficient (Wildman–Crippen LogP) is 5.18. The number of nitrogens with one attached hydrogen (secondary N) is 2. The summed E-state index contributed by atoms with van der Waals surface area (Å²) >= 11 is 0. The van der Waals surface area contributed by atoms with Gasteiger partial charge >= 0.3 is 0 Å². The third-order valence-electron chi connectivity index (χ3n) is 4.27. The fourth-order valence-electron chi connectivity index (χ4n) is 2.96. The molecule has 32 heavy (non-hydrogen) atoms. The molecule has 0 spiro atoms. The lowest BCUT2D eigenvalue weighted by molar-refractivity contribution is 0.412. The average Bonchev–Trinajstić information content (AvgIpc) is 2.73. The summed E-state index contributed by atoms with van der Waals surface area (Å²) in [6.07, 6.45) is 7.82. The van der Waals surface area contributed by atoms with Crippen LogP contribution in [-0.4, -0.2) is 29.9 Å². The van der Waals surface area contributed by atoms with Crippen molar-refractivity contribution in [2.24, 2.45) is 4.36 Å². The van der Waals surface area contributed by atoms with E-state index >= 15 is 0 Å². The summed E-state index contributed by atoms with van der Waals surface area (Å²) in [6, 6.07) is 7.81. The Labute approximate surface area is 184 Å². The molecular weight excluding hydrogens is 439 g/mol. The maximum absolute atomic E-state index is 14.4. The van der Waals surface area contributed by atoms with Crippen molar-refractivity contribution in [1.29, 1.82) is 4.78 Å². The van der Waals surface area contributed by atoms with Gasteiger partial charge in [-0.25, -0.2) is 27.5 Å². The smallest absolute Gasteiger partial charge is 0.227 e. The van der Waals surface area contributed by atoms with Crippen LogP contribution in [0.15, 0.2) is 47.0 Å². The molecule has 3 rings (SSSR count). The van der Waals surface area contributed by atoms with E-state index in [2.05, 4.69) is 25.6 Å². The third kappa shape index (κ3) is 5.76. The number of aromatic nitrogens is 2. The topological polar surface area (TPSA) is 83.2 Å². The van der Waals surface area contributed by atoms with Gasteiger partial charge in [-0.3, -0.25) is 4.78 Å². The number of ether oxygens (including phenoxy) is 1. The zero-order valence-electron chi connectivity index (χ0n) is 17.3. The van der Waals surface area contributed by atoms with E-state index in [1.54, 1.807) is 12.3 Å². The molecule has 0 aliphatic heterocycles. The van der Waals surface area contributed by atoms with Gasteiger partial charge in [-0.05, 0) is 35.9 Å². The van der Waals surface area contributed by atoms with Crippen molar-refractivity contribution in [2.45, 2.75) is 5.75 Å². The Balaban J connectivity index is 1.94. The van der Waals surface area contributed by atoms with Gasteiger partial charge in [0.05, 0.1) is 13.3 Å². The Bertz CT molecular complexity index is 1310. The maximum atomic E-state index is 14.4. The lowest BCUT2D eigenvalue weighted by atomic mass is 10.1. The molecule has 0 radical (unpaired) electrons. The molecule has 0 saturated carbocycles. The zero-order chi connectivity index (χ0) is 23.3. The number of hydrogen-bond acceptors (Lipinski definition) is 6. The molecule has 2 N–H and O–H groups in total. The summed E-state index contributed by atoms with van der Waals surface area (Å²) < 4.78 is 59.7. The predicted molar refractivity (Wildman–Crippen MR) is 119 cm³/mol. The minimum Gasteiger partial charge on any atom is -0.496 e. The first-order valence-corrected chi connectivity index (χ1v) is 11.4. The second kappa shape index (κ2) is 9.70. The lowest BCUT2D eigenvalue weighted by Gasteiger charge is -2.12. The summed E-state index contributed by atoms with van der Waals surface area (Å²) in [5, 5.41) is 2.84. The molecule has 2 aromatic carbocycles. The molecule has 6 nitrogen and oxygen atoms in total. The highest BCUT2D eigenvalue weighted by atomic mass is 32.2. The van der Waals surface area contributed by atoms with Crippen molar-refractivity contribution in [3.8, 4) is 29.4 Å². The molecule has 1 unspecified atom stereocenters. The normalized spacial score (nSPS) is 12.5. The van der Waals surface area contributed by atoms with Crippen LogP contribution in [0.5, 0.6) is 5.75 Å². The second-order valence-corrected chi connectivity index (χ2v) is 9.51. The molecule has 1 atom stereocenters. The highest BCUT2D eigenvalue weighted by Crippen LogP contribution is 2.31. The van der Waals surface area contributed by atoms with Gasteiger partial charge in [-0.2, -0.15) is 0 Å². The van der Waals surface area contributed by atoms with Crippen LogP contribution in [0.25, 0.3) is 11.3 Å². The minimum atomic E-state index is -2.15. The number of anilines is 2. The van der Waals surface area contributed by atoms with Crippen LogP contribution in [0, 0.1) is 34.6 Å². The summed E-state index contributed by atoms with van der Waals surface area (Å²) in [7, 11) is -0.814. The number of hydrogen-bond donors (Lipinski definition) is 2. The van der Waals surface area contributed by atoms with E-state index in [9.17, 15) is 13.2 Å². The van der Waals surface area contributed by atoms with Crippen LogP contribution >= 0.6 is 0 Å². The van der Waals surface area contributed by atoms with Gasteiger partial charge in [-0.15, -0.1) is 6.42 Å². The van der Waals surface area contributed by atoms with Crippen molar-refractivity contribution >= 4 is 21.3 Å². The maximum Gasteiger partial charge on any atom is 0.227 e. The largest absolute Gasteiger partial charge is 0.496 e. The van der Waals surface area contributed by atoms with Crippen LogP contribution in [0.3, 0.4) is 0 Å². The van der Waals surface area contributed by atoms with E-state index in [1.807, 2.05) is 0 Å². The van der Waals surface area contributed by atoms with E-state index in [0.717, 1.165) is 18.3 Å². The summed E-state index contributed by atoms with van der Waals surface area (Å²) in [5.41, 5.74) is 0.992. The van der Waals surface area contributed by atoms with E-state index < -0.39 is 27.1 Å². The van der Waals surface area contributed by atoms with E-state index in [4.69, 9.17) is 15.9 Å². The molecule has 0 amide bonds. The van der Waals surface area contributed by atoms with Crippen molar-refractivity contribution in [2.75, 3.05) is 25.2 Å². The number of benzene rings is 2. The van der Waals surface area contributed by atoms with Crippen molar-refractivity contribution in [3.05, 3.63) is 65.6 Å². The van der Waals surface area contributed by atoms with Crippen LogP contribution in [0.4, 0.5) is 24.8 Å². The van der Waals surface area contributed by atoms with E-state index in [0.29, 0.717) is 11.3 Å². The first kappa shape index (κ1) is 23.1. The van der Waals surface area contributed by atoms with Gasteiger partial charge in [0.1, 0.15) is 29.6 Å². The Morgan fingerprint density at radius 2 is 1.97 bits per heavy atom. The molecular formula is C22H20F3N5OS. The van der Waals surface area contributed by atoms with Gasteiger partial charge < -0.3 is 10.1 Å². The monoisotopic (exact) mass is 459 g/mol. The third-order valence-corrected chi connectivity index (χ3v) is 5.86. The van der Waals surface area contributed by atoms with Gasteiger partial charge in [0.25, 0.3) is 0 Å². The molecule has 1 heterocycles. The van der Waals surface area contributed by atoms with E-state index in [1.165, 1.54) is 25.3 Å². The standard InChI is InChI=1S/C22H20F3N5OS/c1-4-7-28-32(3,26)13-14-8-16(24)10-17(9-14)29-22-27-12-19(25)21(30-22)18-6-5-15(23)11-20(18)31-2/h1,5-6,8-12,26H,7,13H2,2-3H3,(H,27,29,30). The first-order chi connectivity index (χ1) is 15.2. The van der Waals surface area contributed by atoms with Crippen molar-refractivity contribution < 1.29 is 17.9 Å². The Kier molecular flexibility index (Phi) is 7.00. The lowest BCUT2D eigenvalue weighted by Crippen LogP contribution is -2.04. The van der Waals surface area contributed by atoms with Gasteiger partial charge in [0.15, 0.2) is 5.82 Å². The average molecular weight is 459 g/mol. The fourth-order valence-corrected chi connectivity index (χ4v) is 4.23. The molecule has 10 heteroatoms. The summed E-state index contributed by atoms with van der Waals surface area (Å²) in [4.78, 5) is 8.06. The molecule has 0 bridgehead atoms. The van der Waals surface area contributed by atoms with Crippen LogP contribution in [0.2, 0.25) is 0 Å². The second-order valence-electron chi connectivity index (χ2n) is 6.88. The van der Waals surface area contributed by atoms with Gasteiger partial charge in [0, 0.05) is 29.3 Å². The Hall–Kier alpha value is -3.58. The van der Waals surface area contributed by atoms with Crippen molar-refractivity contribution in [1.82, 2.24) is 9.97 Å². The summed E-state index contributed by atoms with van der Waals surface area (Å²) in [6.45, 7) is 0.120. The molecule has 0 fully saturated rings. The SMILES string of the molecule is C#CCN=S(C)(=N)Cc1cc(F)cc(Nc2ncc(F)c(-c3ccc(F)cc3OC)n2)c1. The number of methoxy groups -OCH3 is 1. The number of nitrogens with zero attached hydrogens (tertiary/aromatic N) is 3. The highest BCUT2D eigenvalue weighted by molar-refractivity contribution is 7.93. The molecule has 166 valence electrons. The van der Waals surface area contributed by atoms with E-state index in [-0.39, 0.29) is 35.3 Å². The molecule has 0 aliphatic rings. The molecule has 3 aromatic rings. The van der Waals surface area contributed by atoms with Gasteiger partial charge in [-0.1, -0.05) is 15.5 Å². The van der Waals surface area contributed by atoms with Crippen LogP contribution < -0.4 is 10.1 Å². The van der Waals surface area contributed by atoms with Crippen molar-refractivity contribution in [3.63, 3.8) is 0 Å². The Morgan fingerprint density at radius 3 is 2.69 bits per heavy atom. The first-order valence-electron chi connectivity index (χ1n) is 9.26. The highest BCUT2D eigenvalue weighted by Gasteiger charge is 2.15. The Morgan fingerprint density at radius 1 is 1.19 bits per heavy atom. The minimum absolute atomic E-state index is 0.00216. The fraction of sp³-hybridized carbons (Fsp3) is 0.182. The number of rotatable bonds is 7. The molecule has 0 saturated heterocycles. The van der Waals surface area contributed by atoms with Crippen LogP contribution in [-0.2, 0) is 15.4 Å². The zero-order valence-corrected chi connectivity index (χ0v) is 18.1. The quantitative estimate of drug-likeness (QED) is 0.477. The molecule has 1 aromatic heterocycles. The molecule has 0 aliphatic carbocycles. The van der Waals surface area contributed by atoms with Gasteiger partial charge in [0.2, 0.25) is 5.95 Å². The van der Waals surface area contributed by atoms with Crippen LogP contribution in [0.1, 0.15) is 5.56 Å².